The van der Waals surface area contributed by atoms with Gasteiger partial charge in [0.25, 0.3) is 5.91 Å². The first kappa shape index (κ1) is 14.7. The van der Waals surface area contributed by atoms with Gasteiger partial charge in [-0.1, -0.05) is 20.8 Å². The van der Waals surface area contributed by atoms with Gasteiger partial charge in [0.15, 0.2) is 0 Å². The number of halogens is 1. The van der Waals surface area contributed by atoms with E-state index in [2.05, 4.69) is 52.2 Å². The van der Waals surface area contributed by atoms with Crippen LogP contribution < -0.4 is 5.43 Å². The third-order valence-corrected chi connectivity index (χ3v) is 6.21. The maximum absolute atomic E-state index is 12.1. The van der Waals surface area contributed by atoms with Gasteiger partial charge in [-0.2, -0.15) is 5.10 Å². The van der Waals surface area contributed by atoms with E-state index in [4.69, 9.17) is 0 Å². The number of fused-ring (bicyclic) bond motifs is 2. The van der Waals surface area contributed by atoms with Gasteiger partial charge in [0.05, 0.1) is 5.56 Å². The lowest BCUT2D eigenvalue weighted by Crippen LogP contribution is -2.34. The zero-order valence-corrected chi connectivity index (χ0v) is 14.2. The summed E-state index contributed by atoms with van der Waals surface area (Å²) in [5.41, 5.74) is 4.74. The van der Waals surface area contributed by atoms with E-state index in [-0.39, 0.29) is 16.7 Å². The molecule has 2 saturated carbocycles. The number of rotatable bonds is 2. The van der Waals surface area contributed by atoms with Crippen molar-refractivity contribution < 1.29 is 4.79 Å². The lowest BCUT2D eigenvalue weighted by atomic mass is 9.70. The summed E-state index contributed by atoms with van der Waals surface area (Å²) in [5.74, 6) is 0.478. The predicted octanol–water partition coefficient (Wildman–Crippen LogP) is 3.78. The Kier molecular flexibility index (Phi) is 3.43. The van der Waals surface area contributed by atoms with Crippen molar-refractivity contribution in [3.05, 3.63) is 28.5 Å². The fourth-order valence-electron chi connectivity index (χ4n) is 3.82. The van der Waals surface area contributed by atoms with Crippen LogP contribution in [0, 0.1) is 16.7 Å². The average molecular weight is 350 g/mol. The zero-order valence-electron chi connectivity index (χ0n) is 12.6. The minimum Gasteiger partial charge on any atom is -0.267 e. The molecule has 0 aliphatic heterocycles. The van der Waals surface area contributed by atoms with Crippen LogP contribution in [0.25, 0.3) is 0 Å². The van der Waals surface area contributed by atoms with Gasteiger partial charge < -0.3 is 0 Å². The predicted molar refractivity (Wildman–Crippen MR) is 86.1 cm³/mol. The Hall–Kier alpha value is -1.23. The summed E-state index contributed by atoms with van der Waals surface area (Å²) in [6, 6.07) is 1.75. The fraction of sp³-hybridized carbons (Fsp3) is 0.562. The van der Waals surface area contributed by atoms with Crippen LogP contribution in [-0.4, -0.2) is 16.6 Å². The van der Waals surface area contributed by atoms with Crippen LogP contribution in [0.4, 0.5) is 0 Å². The standard InChI is InChI=1S/C16H20BrN3O/c1-15(2)11-4-5-16(15,3)13(7-11)19-20-14(21)10-6-12(17)9-18-8-10/h6,8-9,11H,4-5,7H2,1-3H3,(H,20,21)/b19-13+/t11-,16-/m0/s1. The SMILES string of the molecule is CC1(C)[C@H]2CC[C@@]1(C)/C(=N/NC(=O)c1cncc(Br)c1)C2. The number of hydrogen-bond donors (Lipinski definition) is 1. The number of aromatic nitrogens is 1. The van der Waals surface area contributed by atoms with Gasteiger partial charge in [-0.05, 0) is 52.6 Å². The Labute approximate surface area is 133 Å². The molecule has 0 saturated heterocycles. The first-order chi connectivity index (χ1) is 9.84. The molecule has 2 atom stereocenters. The smallest absolute Gasteiger partial charge is 0.267 e. The van der Waals surface area contributed by atoms with Gasteiger partial charge in [-0.15, -0.1) is 0 Å². The second kappa shape index (κ2) is 4.90. The van der Waals surface area contributed by atoms with Crippen LogP contribution in [0.5, 0.6) is 0 Å². The lowest BCUT2D eigenvalue weighted by molar-refractivity contribution is 0.0953. The Morgan fingerprint density at radius 2 is 2.19 bits per heavy atom. The minimum atomic E-state index is -0.208. The molecular formula is C16H20BrN3O. The highest BCUT2D eigenvalue weighted by Gasteiger charge is 2.59. The van der Waals surface area contributed by atoms with Gasteiger partial charge >= 0.3 is 0 Å². The van der Waals surface area contributed by atoms with E-state index >= 15 is 0 Å². The van der Waals surface area contributed by atoms with Gasteiger partial charge in [0, 0.05) is 28.0 Å². The van der Waals surface area contributed by atoms with Crippen molar-refractivity contribution in [1.82, 2.24) is 10.4 Å². The Balaban J connectivity index is 1.77. The molecule has 1 N–H and O–H groups in total. The van der Waals surface area contributed by atoms with E-state index < -0.39 is 0 Å². The monoisotopic (exact) mass is 349 g/mol. The molecule has 2 bridgehead atoms. The molecule has 0 spiro atoms. The van der Waals surface area contributed by atoms with Crippen LogP contribution in [0.15, 0.2) is 28.0 Å². The molecule has 2 fully saturated rings. The maximum atomic E-state index is 12.1. The van der Waals surface area contributed by atoms with Crippen molar-refractivity contribution in [1.29, 1.82) is 0 Å². The molecular weight excluding hydrogens is 330 g/mol. The molecule has 2 aliphatic carbocycles. The minimum absolute atomic E-state index is 0.112. The largest absolute Gasteiger partial charge is 0.272 e. The van der Waals surface area contributed by atoms with Crippen LogP contribution in [0.2, 0.25) is 0 Å². The van der Waals surface area contributed by atoms with E-state index in [1.165, 1.54) is 6.42 Å². The molecule has 0 unspecified atom stereocenters. The number of carbonyl (C=O) groups is 1. The highest BCUT2D eigenvalue weighted by atomic mass is 79.9. The number of nitrogens with zero attached hydrogens (tertiary/aromatic N) is 2. The second-order valence-corrected chi connectivity index (χ2v) is 7.80. The quantitative estimate of drug-likeness (QED) is 0.826. The van der Waals surface area contributed by atoms with Crippen LogP contribution in [-0.2, 0) is 0 Å². The number of hydrogen-bond acceptors (Lipinski definition) is 3. The fourth-order valence-corrected chi connectivity index (χ4v) is 4.18. The summed E-state index contributed by atoms with van der Waals surface area (Å²) in [6.07, 6.45) is 6.64. The number of carbonyl (C=O) groups excluding carboxylic acids is 1. The lowest BCUT2D eigenvalue weighted by Gasteiger charge is -2.34. The first-order valence-corrected chi connectivity index (χ1v) is 8.12. The molecule has 4 nitrogen and oxygen atoms in total. The normalized spacial score (nSPS) is 31.6. The average Bonchev–Trinajstić information content (AvgIpc) is 2.77. The van der Waals surface area contributed by atoms with Crippen molar-refractivity contribution in [3.8, 4) is 0 Å². The molecule has 5 heteroatoms. The molecule has 2 aliphatic rings. The van der Waals surface area contributed by atoms with Gasteiger partial charge in [-0.3, -0.25) is 9.78 Å². The molecule has 1 aromatic heterocycles. The number of hydrazone groups is 1. The number of nitrogens with one attached hydrogen (secondary N) is 1. The highest BCUT2D eigenvalue weighted by molar-refractivity contribution is 9.10. The van der Waals surface area contributed by atoms with Crippen LogP contribution in [0.3, 0.4) is 0 Å². The molecule has 1 amide bonds. The maximum Gasteiger partial charge on any atom is 0.272 e. The molecule has 0 radical (unpaired) electrons. The third kappa shape index (κ3) is 2.22. The molecule has 0 aromatic carbocycles. The summed E-state index contributed by atoms with van der Waals surface area (Å²) in [6.45, 7) is 6.94. The Morgan fingerprint density at radius 1 is 1.43 bits per heavy atom. The van der Waals surface area contributed by atoms with E-state index in [1.54, 1.807) is 18.5 Å². The summed E-state index contributed by atoms with van der Waals surface area (Å²) < 4.78 is 0.788. The van der Waals surface area contributed by atoms with Gasteiger partial charge in [0.2, 0.25) is 0 Å². The Morgan fingerprint density at radius 3 is 2.76 bits per heavy atom. The number of amides is 1. The van der Waals surface area contributed by atoms with E-state index in [0.29, 0.717) is 11.5 Å². The third-order valence-electron chi connectivity index (χ3n) is 5.77. The molecule has 3 rings (SSSR count). The summed E-state index contributed by atoms with van der Waals surface area (Å²) >= 11 is 3.32. The summed E-state index contributed by atoms with van der Waals surface area (Å²) in [4.78, 5) is 16.2. The van der Waals surface area contributed by atoms with Crippen molar-refractivity contribution in [2.45, 2.75) is 40.0 Å². The molecule has 1 heterocycles. The molecule has 21 heavy (non-hydrogen) atoms. The summed E-state index contributed by atoms with van der Waals surface area (Å²) in [5, 5.41) is 4.45. The molecule has 112 valence electrons. The topological polar surface area (TPSA) is 54.4 Å². The highest BCUT2D eigenvalue weighted by Crippen LogP contribution is 2.63. The second-order valence-electron chi connectivity index (χ2n) is 6.88. The van der Waals surface area contributed by atoms with E-state index in [1.807, 2.05) is 0 Å². The van der Waals surface area contributed by atoms with Crippen LogP contribution >= 0.6 is 15.9 Å². The van der Waals surface area contributed by atoms with Crippen molar-refractivity contribution in [3.63, 3.8) is 0 Å². The van der Waals surface area contributed by atoms with Crippen molar-refractivity contribution in [2.75, 3.05) is 0 Å². The molecule has 1 aromatic rings. The van der Waals surface area contributed by atoms with Gasteiger partial charge in [0.1, 0.15) is 0 Å². The van der Waals surface area contributed by atoms with Crippen molar-refractivity contribution in [2.24, 2.45) is 21.8 Å². The van der Waals surface area contributed by atoms with Crippen molar-refractivity contribution >= 4 is 27.5 Å². The first-order valence-electron chi connectivity index (χ1n) is 7.32. The Bertz CT molecular complexity index is 626. The van der Waals surface area contributed by atoms with E-state index in [9.17, 15) is 4.79 Å². The zero-order chi connectivity index (χ0) is 15.3. The summed E-state index contributed by atoms with van der Waals surface area (Å²) in [7, 11) is 0. The van der Waals surface area contributed by atoms with Crippen LogP contribution in [0.1, 0.15) is 50.4 Å². The van der Waals surface area contributed by atoms with E-state index in [0.717, 1.165) is 23.0 Å². The van der Waals surface area contributed by atoms with Gasteiger partial charge in [-0.25, -0.2) is 5.43 Å². The number of pyridine rings is 1.